The van der Waals surface area contributed by atoms with Crippen LogP contribution in [0.3, 0.4) is 0 Å². The molecule has 1 fully saturated rings. The van der Waals surface area contributed by atoms with E-state index in [1.54, 1.807) is 31.1 Å². The molecule has 0 aliphatic carbocycles. The zero-order valence-corrected chi connectivity index (χ0v) is 22.7. The van der Waals surface area contributed by atoms with Gasteiger partial charge in [0.1, 0.15) is 22.3 Å². The van der Waals surface area contributed by atoms with Crippen molar-refractivity contribution in [2.45, 2.75) is 32.1 Å². The van der Waals surface area contributed by atoms with Crippen molar-refractivity contribution in [2.75, 3.05) is 43.6 Å². The van der Waals surface area contributed by atoms with E-state index in [9.17, 15) is 13.2 Å². The van der Waals surface area contributed by atoms with Gasteiger partial charge in [0.2, 0.25) is 0 Å². The summed E-state index contributed by atoms with van der Waals surface area (Å²) in [5.74, 6) is 1.09. The standard InChI is InChI=1S/C27H33N5O4S/c1-6-36-23-12-9-18(2)16-21(23)22-11-10-20(25(29-22)32-15-13-19(3)17-32)27(33)30-37(34,35)24-8-7-14-28-26(24)31(4)5/h7-12,14,16,19H,6,13,15,17H2,1-5H3,(H,30,33)/t19-/m0/s1. The van der Waals surface area contributed by atoms with Crippen LogP contribution in [0.2, 0.25) is 0 Å². The zero-order valence-electron chi connectivity index (χ0n) is 21.9. The number of amides is 1. The third kappa shape index (κ3) is 5.69. The molecule has 1 N–H and O–H groups in total. The molecule has 0 radical (unpaired) electrons. The van der Waals surface area contributed by atoms with Gasteiger partial charge in [0, 0.05) is 38.9 Å². The van der Waals surface area contributed by atoms with Gasteiger partial charge in [0.05, 0.1) is 17.9 Å². The summed E-state index contributed by atoms with van der Waals surface area (Å²) in [5, 5.41) is 0. The van der Waals surface area contributed by atoms with Gasteiger partial charge in [0.15, 0.2) is 0 Å². The second-order valence-corrected chi connectivity index (χ2v) is 11.1. The van der Waals surface area contributed by atoms with Crippen LogP contribution in [0.5, 0.6) is 5.75 Å². The Morgan fingerprint density at radius 3 is 2.68 bits per heavy atom. The number of nitrogens with one attached hydrogen (secondary N) is 1. The van der Waals surface area contributed by atoms with Crippen LogP contribution in [0, 0.1) is 12.8 Å². The predicted octanol–water partition coefficient (Wildman–Crippen LogP) is 3.88. The fourth-order valence-corrected chi connectivity index (χ4v) is 5.63. The van der Waals surface area contributed by atoms with Gasteiger partial charge >= 0.3 is 0 Å². The molecule has 196 valence electrons. The molecule has 37 heavy (non-hydrogen) atoms. The third-order valence-corrected chi connectivity index (χ3v) is 7.60. The number of carbonyl (C=O) groups excluding carboxylic acids is 1. The van der Waals surface area contributed by atoms with E-state index in [-0.39, 0.29) is 16.3 Å². The Balaban J connectivity index is 1.76. The molecule has 0 saturated carbocycles. The lowest BCUT2D eigenvalue weighted by molar-refractivity contribution is 0.0981. The normalized spacial score (nSPS) is 15.5. The second-order valence-electron chi connectivity index (χ2n) is 9.49. The molecule has 4 rings (SSSR count). The summed E-state index contributed by atoms with van der Waals surface area (Å²) in [6.07, 6.45) is 2.47. The number of ether oxygens (including phenoxy) is 1. The third-order valence-electron chi connectivity index (χ3n) is 6.25. The van der Waals surface area contributed by atoms with Crippen LogP contribution in [-0.2, 0) is 10.0 Å². The average Bonchev–Trinajstić information content (AvgIpc) is 3.30. The van der Waals surface area contributed by atoms with E-state index in [2.05, 4.69) is 16.6 Å². The first-order valence-corrected chi connectivity index (χ1v) is 13.8. The molecule has 1 saturated heterocycles. The SMILES string of the molecule is CCOc1ccc(C)cc1-c1ccc(C(=O)NS(=O)(=O)c2cccnc2N(C)C)c(N2CC[C@H](C)C2)n1. The summed E-state index contributed by atoms with van der Waals surface area (Å²) in [6, 6.07) is 12.2. The number of pyridine rings is 2. The largest absolute Gasteiger partial charge is 0.493 e. The Kier molecular flexibility index (Phi) is 7.68. The van der Waals surface area contributed by atoms with Crippen LogP contribution in [0.25, 0.3) is 11.3 Å². The Bertz CT molecular complexity index is 1410. The molecule has 1 aliphatic heterocycles. The van der Waals surface area contributed by atoms with Gasteiger partial charge in [-0.25, -0.2) is 23.1 Å². The van der Waals surface area contributed by atoms with E-state index < -0.39 is 15.9 Å². The number of hydrogen-bond acceptors (Lipinski definition) is 8. The highest BCUT2D eigenvalue weighted by Gasteiger charge is 2.29. The van der Waals surface area contributed by atoms with Gasteiger partial charge in [-0.2, -0.15) is 0 Å². The van der Waals surface area contributed by atoms with Crippen molar-refractivity contribution in [3.8, 4) is 17.0 Å². The molecule has 0 spiro atoms. The van der Waals surface area contributed by atoms with E-state index in [4.69, 9.17) is 9.72 Å². The maximum Gasteiger partial charge on any atom is 0.268 e. The molecule has 0 bridgehead atoms. The summed E-state index contributed by atoms with van der Waals surface area (Å²) in [4.78, 5) is 26.0. The first-order chi connectivity index (χ1) is 17.6. The molecule has 1 atom stereocenters. The number of rotatable bonds is 8. The highest BCUT2D eigenvalue weighted by atomic mass is 32.2. The lowest BCUT2D eigenvalue weighted by Gasteiger charge is -2.22. The molecule has 3 heterocycles. The molecule has 2 aromatic heterocycles. The highest BCUT2D eigenvalue weighted by Crippen LogP contribution is 2.34. The molecule has 0 unspecified atom stereocenters. The van der Waals surface area contributed by atoms with Crippen LogP contribution in [0.1, 0.15) is 36.2 Å². The zero-order chi connectivity index (χ0) is 26.7. The number of anilines is 2. The molecular formula is C27H33N5O4S. The number of hydrogen-bond donors (Lipinski definition) is 1. The maximum absolute atomic E-state index is 13.4. The molecule has 1 aliphatic rings. The fraction of sp³-hybridized carbons (Fsp3) is 0.370. The van der Waals surface area contributed by atoms with Crippen molar-refractivity contribution in [3.63, 3.8) is 0 Å². The summed E-state index contributed by atoms with van der Waals surface area (Å²) < 4.78 is 34.5. The fourth-order valence-electron chi connectivity index (χ4n) is 4.43. The van der Waals surface area contributed by atoms with Crippen LogP contribution < -0.4 is 19.3 Å². The van der Waals surface area contributed by atoms with Crippen LogP contribution >= 0.6 is 0 Å². The number of sulfonamides is 1. The van der Waals surface area contributed by atoms with Crippen molar-refractivity contribution < 1.29 is 17.9 Å². The molecule has 1 amide bonds. The van der Waals surface area contributed by atoms with Gasteiger partial charge < -0.3 is 14.5 Å². The van der Waals surface area contributed by atoms with Crippen molar-refractivity contribution in [2.24, 2.45) is 5.92 Å². The van der Waals surface area contributed by atoms with E-state index in [1.165, 1.54) is 18.3 Å². The minimum atomic E-state index is -4.19. The van der Waals surface area contributed by atoms with Crippen molar-refractivity contribution in [3.05, 3.63) is 59.8 Å². The first kappa shape index (κ1) is 26.4. The van der Waals surface area contributed by atoms with E-state index in [1.807, 2.05) is 36.9 Å². The number of carbonyl (C=O) groups is 1. The number of aryl methyl sites for hydroxylation is 1. The predicted molar refractivity (Wildman–Crippen MR) is 145 cm³/mol. The number of nitrogens with zero attached hydrogens (tertiary/aromatic N) is 4. The van der Waals surface area contributed by atoms with Crippen molar-refractivity contribution >= 4 is 27.6 Å². The first-order valence-electron chi connectivity index (χ1n) is 12.3. The number of aromatic nitrogens is 2. The van der Waals surface area contributed by atoms with Crippen molar-refractivity contribution in [1.82, 2.24) is 14.7 Å². The summed E-state index contributed by atoms with van der Waals surface area (Å²) in [7, 11) is -0.797. The topological polar surface area (TPSA) is 105 Å². The van der Waals surface area contributed by atoms with Crippen LogP contribution in [-0.4, -0.2) is 58.1 Å². The Hall–Kier alpha value is -3.66. The van der Waals surface area contributed by atoms with Crippen molar-refractivity contribution in [1.29, 1.82) is 0 Å². The summed E-state index contributed by atoms with van der Waals surface area (Å²) in [5.41, 5.74) is 2.73. The molecule has 1 aromatic carbocycles. The summed E-state index contributed by atoms with van der Waals surface area (Å²) >= 11 is 0. The Morgan fingerprint density at radius 2 is 2.00 bits per heavy atom. The van der Waals surface area contributed by atoms with Gasteiger partial charge in [-0.15, -0.1) is 0 Å². The quantitative estimate of drug-likeness (QED) is 0.474. The monoisotopic (exact) mass is 523 g/mol. The van der Waals surface area contributed by atoms with Crippen LogP contribution in [0.4, 0.5) is 11.6 Å². The summed E-state index contributed by atoms with van der Waals surface area (Å²) in [6.45, 7) is 8.02. The van der Waals surface area contributed by atoms with Crippen LogP contribution in [0.15, 0.2) is 53.6 Å². The van der Waals surface area contributed by atoms with Gasteiger partial charge in [-0.05, 0) is 62.6 Å². The molecule has 10 heteroatoms. The smallest absolute Gasteiger partial charge is 0.268 e. The second kappa shape index (κ2) is 10.8. The lowest BCUT2D eigenvalue weighted by atomic mass is 10.1. The van der Waals surface area contributed by atoms with Gasteiger partial charge in [0.25, 0.3) is 15.9 Å². The molecule has 3 aromatic rings. The molecule has 9 nitrogen and oxygen atoms in total. The average molecular weight is 524 g/mol. The lowest BCUT2D eigenvalue weighted by Crippen LogP contribution is -2.34. The Labute approximate surface area is 218 Å². The minimum Gasteiger partial charge on any atom is -0.493 e. The van der Waals surface area contributed by atoms with E-state index in [0.717, 1.165) is 30.6 Å². The maximum atomic E-state index is 13.4. The number of benzene rings is 1. The minimum absolute atomic E-state index is 0.0737. The van der Waals surface area contributed by atoms with E-state index >= 15 is 0 Å². The van der Waals surface area contributed by atoms with Gasteiger partial charge in [-0.1, -0.05) is 18.6 Å². The Morgan fingerprint density at radius 1 is 1.22 bits per heavy atom. The van der Waals surface area contributed by atoms with E-state index in [0.29, 0.717) is 29.8 Å². The highest BCUT2D eigenvalue weighted by molar-refractivity contribution is 7.90. The molecular weight excluding hydrogens is 490 g/mol. The van der Waals surface area contributed by atoms with Gasteiger partial charge in [-0.3, -0.25) is 4.79 Å².